The molecule has 1 heterocycles. The monoisotopic (exact) mass is 318 g/mol. The van der Waals surface area contributed by atoms with Crippen LogP contribution < -0.4 is 4.90 Å². The van der Waals surface area contributed by atoms with Gasteiger partial charge in [0, 0.05) is 29.0 Å². The molecule has 1 aromatic rings. The Labute approximate surface area is 111 Å². The van der Waals surface area contributed by atoms with Gasteiger partial charge in [-0.2, -0.15) is 0 Å². The molecule has 0 radical (unpaired) electrons. The zero-order valence-electron chi connectivity index (χ0n) is 9.23. The van der Waals surface area contributed by atoms with Gasteiger partial charge in [0.25, 0.3) is 0 Å². The van der Waals surface area contributed by atoms with Gasteiger partial charge in [-0.15, -0.1) is 0 Å². The summed E-state index contributed by atoms with van der Waals surface area (Å²) in [6.45, 7) is 2.97. The molecule has 2 rings (SSSR count). The van der Waals surface area contributed by atoms with Gasteiger partial charge in [-0.1, -0.05) is 33.1 Å². The fourth-order valence-electron chi connectivity index (χ4n) is 1.88. The first kappa shape index (κ1) is 13.0. The molecule has 0 bridgehead atoms. The van der Waals surface area contributed by atoms with Gasteiger partial charge < -0.3 is 14.2 Å². The summed E-state index contributed by atoms with van der Waals surface area (Å²) in [5.74, 6) is 0.0555. The van der Waals surface area contributed by atoms with E-state index >= 15 is 0 Å². The van der Waals surface area contributed by atoms with Gasteiger partial charge in [0.1, 0.15) is 0 Å². The minimum atomic E-state index is -2.06. The van der Waals surface area contributed by atoms with Crippen LogP contribution in [0.5, 0.6) is 0 Å². The van der Waals surface area contributed by atoms with E-state index < -0.39 is 11.1 Å². The Bertz CT molecular complexity index is 421. The molecule has 94 valence electrons. The van der Waals surface area contributed by atoms with Crippen molar-refractivity contribution in [2.75, 3.05) is 31.2 Å². The smallest absolute Gasteiger partial charge is 0.0642 e. The zero-order valence-corrected chi connectivity index (χ0v) is 11.6. The Kier molecular flexibility index (Phi) is 4.55. The van der Waals surface area contributed by atoms with Gasteiger partial charge >= 0.3 is 0 Å². The third-order valence-corrected chi connectivity index (χ3v) is 3.71. The molecular formula is C11H13BrNO3S-. The molecule has 1 aromatic carbocycles. The van der Waals surface area contributed by atoms with Crippen molar-refractivity contribution in [3.63, 3.8) is 0 Å². The summed E-state index contributed by atoms with van der Waals surface area (Å²) in [6, 6.07) is 5.68. The lowest BCUT2D eigenvalue weighted by Crippen LogP contribution is -2.36. The normalized spacial score (nSPS) is 18.1. The van der Waals surface area contributed by atoms with Crippen LogP contribution in [-0.2, 0) is 21.6 Å². The third kappa shape index (κ3) is 3.51. The van der Waals surface area contributed by atoms with Crippen molar-refractivity contribution in [1.82, 2.24) is 0 Å². The zero-order chi connectivity index (χ0) is 12.3. The molecule has 0 amide bonds. The van der Waals surface area contributed by atoms with E-state index in [0.29, 0.717) is 13.2 Å². The number of halogens is 1. The molecule has 1 aliphatic heterocycles. The lowest BCUT2D eigenvalue weighted by atomic mass is 10.1. The first-order valence-electron chi connectivity index (χ1n) is 5.34. The summed E-state index contributed by atoms with van der Waals surface area (Å²) < 4.78 is 27.9. The average molecular weight is 319 g/mol. The second kappa shape index (κ2) is 5.95. The van der Waals surface area contributed by atoms with Crippen LogP contribution in [-0.4, -0.2) is 35.1 Å². The highest BCUT2D eigenvalue weighted by molar-refractivity contribution is 9.10. The van der Waals surface area contributed by atoms with Gasteiger partial charge in [0.05, 0.1) is 13.2 Å². The minimum absolute atomic E-state index is 0.0555. The fraction of sp³-hybridized carbons (Fsp3) is 0.455. The Morgan fingerprint density at radius 1 is 1.41 bits per heavy atom. The summed E-state index contributed by atoms with van der Waals surface area (Å²) >= 11 is 1.36. The number of rotatable bonds is 3. The number of hydrogen-bond donors (Lipinski definition) is 0. The molecule has 1 unspecified atom stereocenters. The molecule has 1 fully saturated rings. The number of ether oxygens (including phenoxy) is 1. The molecule has 0 spiro atoms. The van der Waals surface area contributed by atoms with E-state index in [0.717, 1.165) is 28.8 Å². The molecule has 0 aliphatic carbocycles. The van der Waals surface area contributed by atoms with Crippen LogP contribution in [0.2, 0.25) is 0 Å². The van der Waals surface area contributed by atoms with Gasteiger partial charge in [-0.3, -0.25) is 4.21 Å². The number of benzene rings is 1. The number of morpholine rings is 1. The van der Waals surface area contributed by atoms with Crippen molar-refractivity contribution < 1.29 is 13.5 Å². The van der Waals surface area contributed by atoms with Crippen LogP contribution in [0.3, 0.4) is 0 Å². The van der Waals surface area contributed by atoms with E-state index in [4.69, 9.17) is 4.74 Å². The van der Waals surface area contributed by atoms with E-state index in [1.54, 1.807) is 0 Å². The highest BCUT2D eigenvalue weighted by Gasteiger charge is 2.15. The van der Waals surface area contributed by atoms with E-state index in [2.05, 4.69) is 20.8 Å². The first-order chi connectivity index (χ1) is 8.16. The van der Waals surface area contributed by atoms with Gasteiger partial charge in [-0.05, 0) is 17.7 Å². The maximum Gasteiger partial charge on any atom is 0.0642 e. The average Bonchev–Trinajstić information content (AvgIpc) is 2.32. The molecule has 1 atom stereocenters. The maximum atomic E-state index is 10.8. The number of nitrogens with zero attached hydrogens (tertiary/aromatic N) is 1. The Morgan fingerprint density at radius 3 is 2.76 bits per heavy atom. The Morgan fingerprint density at radius 2 is 2.12 bits per heavy atom. The minimum Gasteiger partial charge on any atom is -0.772 e. The molecule has 6 heteroatoms. The van der Waals surface area contributed by atoms with Crippen LogP contribution >= 0.6 is 15.9 Å². The van der Waals surface area contributed by atoms with Crippen LogP contribution in [0.25, 0.3) is 0 Å². The van der Waals surface area contributed by atoms with Crippen molar-refractivity contribution >= 4 is 32.7 Å². The standard InChI is InChI=1S/C11H14BrNO3S/c12-10-2-1-9(8-17(14)15)11(7-10)13-3-5-16-6-4-13/h1-2,7H,3-6,8H2,(H,14,15)/p-1. The lowest BCUT2D eigenvalue weighted by molar-refractivity contribution is 0.122. The van der Waals surface area contributed by atoms with Crippen molar-refractivity contribution in [3.8, 4) is 0 Å². The largest absolute Gasteiger partial charge is 0.772 e. The molecule has 0 saturated carbocycles. The molecule has 17 heavy (non-hydrogen) atoms. The first-order valence-corrected chi connectivity index (χ1v) is 7.37. The third-order valence-electron chi connectivity index (χ3n) is 2.67. The van der Waals surface area contributed by atoms with Crippen LogP contribution in [0.4, 0.5) is 5.69 Å². The summed E-state index contributed by atoms with van der Waals surface area (Å²) in [4.78, 5) is 2.16. The SMILES string of the molecule is O=S([O-])Cc1ccc(Br)cc1N1CCOCC1. The van der Waals surface area contributed by atoms with Crippen molar-refractivity contribution in [3.05, 3.63) is 28.2 Å². The van der Waals surface area contributed by atoms with E-state index in [1.807, 2.05) is 18.2 Å². The van der Waals surface area contributed by atoms with Crippen molar-refractivity contribution in [1.29, 1.82) is 0 Å². The van der Waals surface area contributed by atoms with Gasteiger partial charge in [0.2, 0.25) is 0 Å². The quantitative estimate of drug-likeness (QED) is 0.795. The summed E-state index contributed by atoms with van der Waals surface area (Å²) in [7, 11) is 0. The summed E-state index contributed by atoms with van der Waals surface area (Å²) in [5.41, 5.74) is 1.82. The molecule has 0 N–H and O–H groups in total. The maximum absolute atomic E-state index is 10.8. The summed E-state index contributed by atoms with van der Waals surface area (Å²) in [5, 5.41) is 0. The van der Waals surface area contributed by atoms with Gasteiger partial charge in [-0.25, -0.2) is 0 Å². The van der Waals surface area contributed by atoms with Gasteiger partial charge in [0.15, 0.2) is 0 Å². The molecule has 1 saturated heterocycles. The fourth-order valence-corrected chi connectivity index (χ4v) is 2.73. The molecular weight excluding hydrogens is 306 g/mol. The molecule has 4 nitrogen and oxygen atoms in total. The van der Waals surface area contributed by atoms with E-state index in [1.165, 1.54) is 0 Å². The molecule has 0 aromatic heterocycles. The van der Waals surface area contributed by atoms with Crippen LogP contribution in [0.15, 0.2) is 22.7 Å². The van der Waals surface area contributed by atoms with Crippen LogP contribution in [0, 0.1) is 0 Å². The van der Waals surface area contributed by atoms with E-state index in [-0.39, 0.29) is 5.75 Å². The highest BCUT2D eigenvalue weighted by atomic mass is 79.9. The molecule has 1 aliphatic rings. The van der Waals surface area contributed by atoms with Crippen molar-refractivity contribution in [2.24, 2.45) is 0 Å². The number of hydrogen-bond acceptors (Lipinski definition) is 4. The Balaban J connectivity index is 2.28. The highest BCUT2D eigenvalue weighted by Crippen LogP contribution is 2.26. The number of anilines is 1. The van der Waals surface area contributed by atoms with Crippen LogP contribution in [0.1, 0.15) is 5.56 Å². The van der Waals surface area contributed by atoms with Crippen molar-refractivity contribution in [2.45, 2.75) is 5.75 Å². The predicted octanol–water partition coefficient (Wildman–Crippen LogP) is 1.66. The summed E-state index contributed by atoms with van der Waals surface area (Å²) in [6.07, 6.45) is 0. The predicted molar refractivity (Wildman–Crippen MR) is 69.8 cm³/mol. The lowest BCUT2D eigenvalue weighted by Gasteiger charge is -2.31. The second-order valence-corrected chi connectivity index (χ2v) is 5.63. The second-order valence-electron chi connectivity index (χ2n) is 3.82. The van der Waals surface area contributed by atoms with E-state index in [9.17, 15) is 8.76 Å². The Hall–Kier alpha value is -0.430. The topological polar surface area (TPSA) is 52.6 Å².